The third-order valence-electron chi connectivity index (χ3n) is 4.40. The quantitative estimate of drug-likeness (QED) is 0.417. The summed E-state index contributed by atoms with van der Waals surface area (Å²) < 4.78 is 5.79. The first-order valence-electron chi connectivity index (χ1n) is 9.33. The second-order valence-corrected chi connectivity index (χ2v) is 7.49. The Labute approximate surface area is 174 Å². The maximum atomic E-state index is 12.8. The molecule has 0 saturated carbocycles. The van der Waals surface area contributed by atoms with Crippen molar-refractivity contribution in [2.24, 2.45) is 0 Å². The number of nitrogens with one attached hydrogen (secondary N) is 1. The Morgan fingerprint density at radius 1 is 0.897 bits per heavy atom. The van der Waals surface area contributed by atoms with Gasteiger partial charge in [0.1, 0.15) is 5.76 Å². The highest BCUT2D eigenvalue weighted by atomic mass is 32.2. The molecule has 2 heterocycles. The first kappa shape index (κ1) is 19.0. The van der Waals surface area contributed by atoms with Crippen molar-refractivity contribution in [2.45, 2.75) is 16.7 Å². The van der Waals surface area contributed by atoms with Gasteiger partial charge in [-0.3, -0.25) is 9.78 Å². The Morgan fingerprint density at radius 2 is 1.62 bits per heavy atom. The second-order valence-electron chi connectivity index (χ2n) is 6.44. The molecule has 2 aromatic carbocycles. The van der Waals surface area contributed by atoms with E-state index in [1.165, 1.54) is 0 Å². The van der Waals surface area contributed by atoms with Crippen LogP contribution in [0.25, 0.3) is 0 Å². The number of aromatic nitrogens is 1. The average Bonchev–Trinajstić information content (AvgIpc) is 3.27. The van der Waals surface area contributed by atoms with Crippen molar-refractivity contribution in [2.75, 3.05) is 0 Å². The van der Waals surface area contributed by atoms with Crippen LogP contribution in [0.3, 0.4) is 0 Å². The number of hydrogen-bond donors (Lipinski definition) is 1. The number of furan rings is 1. The molecule has 0 radical (unpaired) electrons. The van der Waals surface area contributed by atoms with Gasteiger partial charge in [-0.2, -0.15) is 0 Å². The normalized spacial score (nSPS) is 11.7. The van der Waals surface area contributed by atoms with Crippen molar-refractivity contribution >= 4 is 17.7 Å². The zero-order valence-electron chi connectivity index (χ0n) is 15.7. The average molecular weight is 401 g/mol. The van der Waals surface area contributed by atoms with E-state index in [4.69, 9.17) is 4.42 Å². The fraction of sp³-hybridized carbons (Fsp3) is 0.0833. The van der Waals surface area contributed by atoms with E-state index < -0.39 is 0 Å². The fourth-order valence-electron chi connectivity index (χ4n) is 2.97. The van der Waals surface area contributed by atoms with E-state index in [1.54, 1.807) is 24.0 Å². The topological polar surface area (TPSA) is 55.1 Å². The van der Waals surface area contributed by atoms with Crippen LogP contribution < -0.4 is 5.32 Å². The van der Waals surface area contributed by atoms with Crippen LogP contribution in [0.4, 0.5) is 0 Å². The Morgan fingerprint density at radius 3 is 2.34 bits per heavy atom. The van der Waals surface area contributed by atoms with Crippen LogP contribution in [-0.2, 0) is 5.75 Å². The second kappa shape index (κ2) is 9.26. The van der Waals surface area contributed by atoms with Crippen molar-refractivity contribution in [3.8, 4) is 0 Å². The molecule has 1 amide bonds. The van der Waals surface area contributed by atoms with Gasteiger partial charge in [-0.1, -0.05) is 54.6 Å². The van der Waals surface area contributed by atoms with Crippen LogP contribution in [0.5, 0.6) is 0 Å². The van der Waals surface area contributed by atoms with Crippen molar-refractivity contribution in [3.63, 3.8) is 0 Å². The molecule has 4 aromatic rings. The molecule has 2 aromatic heterocycles. The highest BCUT2D eigenvalue weighted by Crippen LogP contribution is 2.24. The Bertz CT molecular complexity index is 1010. The Hall–Kier alpha value is -3.31. The highest BCUT2D eigenvalue weighted by molar-refractivity contribution is 7.98. The molecule has 0 unspecified atom stereocenters. The van der Waals surface area contributed by atoms with E-state index in [9.17, 15) is 4.79 Å². The molecule has 1 N–H and O–H groups in total. The SMILES string of the molecule is O=C(N[C@@H](c1ccccc1)c1ccccn1)c1ccc(CSc2ccccc2)o1. The highest BCUT2D eigenvalue weighted by Gasteiger charge is 2.20. The lowest BCUT2D eigenvalue weighted by atomic mass is 10.0. The van der Waals surface area contributed by atoms with Gasteiger partial charge >= 0.3 is 0 Å². The predicted octanol–water partition coefficient (Wildman–Crippen LogP) is 5.49. The van der Waals surface area contributed by atoms with E-state index in [2.05, 4.69) is 22.4 Å². The first-order valence-corrected chi connectivity index (χ1v) is 10.3. The smallest absolute Gasteiger partial charge is 0.287 e. The summed E-state index contributed by atoms with van der Waals surface area (Å²) in [6.45, 7) is 0. The van der Waals surface area contributed by atoms with Crippen LogP contribution in [0, 0.1) is 0 Å². The molecule has 0 bridgehead atoms. The van der Waals surface area contributed by atoms with Gasteiger partial charge in [0.05, 0.1) is 17.5 Å². The van der Waals surface area contributed by atoms with Gasteiger partial charge < -0.3 is 9.73 Å². The summed E-state index contributed by atoms with van der Waals surface area (Å²) in [6.07, 6.45) is 1.73. The molecule has 5 heteroatoms. The maximum absolute atomic E-state index is 12.8. The predicted molar refractivity (Wildman–Crippen MR) is 115 cm³/mol. The number of rotatable bonds is 7. The molecule has 0 fully saturated rings. The summed E-state index contributed by atoms with van der Waals surface area (Å²) in [6, 6.07) is 28.8. The third kappa shape index (κ3) is 4.95. The lowest BCUT2D eigenvalue weighted by molar-refractivity contribution is 0.0913. The van der Waals surface area contributed by atoms with E-state index in [1.807, 2.05) is 72.8 Å². The molecule has 4 rings (SSSR count). The van der Waals surface area contributed by atoms with E-state index in [0.717, 1.165) is 21.9 Å². The van der Waals surface area contributed by atoms with E-state index in [-0.39, 0.29) is 11.9 Å². The number of amides is 1. The molecule has 0 saturated heterocycles. The third-order valence-corrected chi connectivity index (χ3v) is 5.44. The fourth-order valence-corrected chi connectivity index (χ4v) is 3.78. The molecule has 0 aliphatic heterocycles. The van der Waals surface area contributed by atoms with Crippen molar-refractivity contribution in [1.29, 1.82) is 0 Å². The summed E-state index contributed by atoms with van der Waals surface area (Å²) >= 11 is 1.67. The Kier molecular flexibility index (Phi) is 6.07. The summed E-state index contributed by atoms with van der Waals surface area (Å²) in [4.78, 5) is 18.4. The maximum Gasteiger partial charge on any atom is 0.287 e. The molecule has 1 atom stereocenters. The summed E-state index contributed by atoms with van der Waals surface area (Å²) in [7, 11) is 0. The number of pyridine rings is 1. The number of benzene rings is 2. The summed E-state index contributed by atoms with van der Waals surface area (Å²) in [5.74, 6) is 1.46. The van der Waals surface area contributed by atoms with Gasteiger partial charge in [0.15, 0.2) is 5.76 Å². The number of hydrogen-bond acceptors (Lipinski definition) is 4. The number of nitrogens with zero attached hydrogens (tertiary/aromatic N) is 1. The largest absolute Gasteiger partial charge is 0.455 e. The standard InChI is InChI=1S/C24H20N2O2S/c27-24(22-15-14-19(28-22)17-29-20-11-5-2-6-12-20)26-23(18-9-3-1-4-10-18)21-13-7-8-16-25-21/h1-16,23H,17H2,(H,26,27)/t23-/m0/s1. The summed E-state index contributed by atoms with van der Waals surface area (Å²) in [5, 5.41) is 3.05. The molecular weight excluding hydrogens is 380 g/mol. The number of carbonyl (C=O) groups excluding carboxylic acids is 1. The monoisotopic (exact) mass is 400 g/mol. The van der Waals surface area contributed by atoms with Crippen LogP contribution in [0.15, 0.2) is 107 Å². The van der Waals surface area contributed by atoms with Crippen LogP contribution in [0.1, 0.15) is 33.6 Å². The van der Waals surface area contributed by atoms with Gasteiger partial charge in [0.25, 0.3) is 5.91 Å². The van der Waals surface area contributed by atoms with Gasteiger partial charge in [-0.15, -0.1) is 11.8 Å². The van der Waals surface area contributed by atoms with Crippen molar-refractivity contribution in [3.05, 3.63) is 120 Å². The lowest BCUT2D eigenvalue weighted by Gasteiger charge is -2.18. The van der Waals surface area contributed by atoms with Crippen LogP contribution in [-0.4, -0.2) is 10.9 Å². The minimum Gasteiger partial charge on any atom is -0.455 e. The van der Waals surface area contributed by atoms with Gasteiger partial charge in [0, 0.05) is 11.1 Å². The minimum atomic E-state index is -0.350. The van der Waals surface area contributed by atoms with Crippen molar-refractivity contribution in [1.82, 2.24) is 10.3 Å². The van der Waals surface area contributed by atoms with Gasteiger partial charge in [-0.05, 0) is 42.0 Å². The minimum absolute atomic E-state index is 0.263. The van der Waals surface area contributed by atoms with Crippen molar-refractivity contribution < 1.29 is 9.21 Å². The molecular formula is C24H20N2O2S. The molecule has 29 heavy (non-hydrogen) atoms. The molecule has 0 aliphatic rings. The number of thioether (sulfide) groups is 1. The number of carbonyl (C=O) groups is 1. The van der Waals surface area contributed by atoms with E-state index in [0.29, 0.717) is 11.5 Å². The zero-order chi connectivity index (χ0) is 19.9. The van der Waals surface area contributed by atoms with Crippen LogP contribution >= 0.6 is 11.8 Å². The van der Waals surface area contributed by atoms with Gasteiger partial charge in [-0.25, -0.2) is 0 Å². The van der Waals surface area contributed by atoms with Gasteiger partial charge in [0.2, 0.25) is 0 Å². The molecule has 0 aliphatic carbocycles. The Balaban J connectivity index is 1.47. The lowest BCUT2D eigenvalue weighted by Crippen LogP contribution is -2.29. The summed E-state index contributed by atoms with van der Waals surface area (Å²) in [5.41, 5.74) is 1.74. The van der Waals surface area contributed by atoms with Crippen LogP contribution in [0.2, 0.25) is 0 Å². The molecule has 144 valence electrons. The van der Waals surface area contributed by atoms with E-state index >= 15 is 0 Å². The molecule has 0 spiro atoms. The molecule has 4 nitrogen and oxygen atoms in total. The first-order chi connectivity index (χ1) is 14.3. The zero-order valence-corrected chi connectivity index (χ0v) is 16.5.